The van der Waals surface area contributed by atoms with Crippen molar-refractivity contribution in [1.29, 1.82) is 5.26 Å². The average molecular weight is 376 g/mol. The van der Waals surface area contributed by atoms with Gasteiger partial charge in [0.05, 0.1) is 12.8 Å². The van der Waals surface area contributed by atoms with E-state index >= 15 is 0 Å². The van der Waals surface area contributed by atoms with Crippen molar-refractivity contribution in [2.45, 2.75) is 38.0 Å². The molecule has 0 bridgehead atoms. The van der Waals surface area contributed by atoms with E-state index < -0.39 is 11.5 Å². The van der Waals surface area contributed by atoms with Crippen molar-refractivity contribution in [3.8, 4) is 17.3 Å². The van der Waals surface area contributed by atoms with Crippen LogP contribution in [0.5, 0.6) is 0 Å². The van der Waals surface area contributed by atoms with E-state index in [2.05, 4.69) is 27.0 Å². The number of nitrogens with one attached hydrogen (secondary N) is 1. The maximum atomic E-state index is 12.5. The Morgan fingerprint density at radius 2 is 1.96 bits per heavy atom. The van der Waals surface area contributed by atoms with E-state index in [1.54, 1.807) is 0 Å². The molecular weight excluding hydrogens is 356 g/mol. The van der Waals surface area contributed by atoms with Crippen LogP contribution in [0.2, 0.25) is 0 Å². The molecule has 7 nitrogen and oxygen atoms in total. The lowest BCUT2D eigenvalue weighted by Crippen LogP contribution is -2.15. The van der Waals surface area contributed by atoms with Gasteiger partial charge >= 0.3 is 5.97 Å². The highest BCUT2D eigenvalue weighted by molar-refractivity contribution is 5.92. The summed E-state index contributed by atoms with van der Waals surface area (Å²) in [6.45, 7) is 0. The van der Waals surface area contributed by atoms with Gasteiger partial charge in [-0.3, -0.25) is 4.79 Å². The van der Waals surface area contributed by atoms with Crippen molar-refractivity contribution in [2.24, 2.45) is 0 Å². The first-order valence-electron chi connectivity index (χ1n) is 9.37. The Balaban J connectivity index is 1.76. The number of fused-ring (bicyclic) bond motifs is 1. The van der Waals surface area contributed by atoms with Crippen molar-refractivity contribution in [2.75, 3.05) is 7.11 Å². The summed E-state index contributed by atoms with van der Waals surface area (Å²) >= 11 is 0. The smallest absolute Gasteiger partial charge is 0.360 e. The Bertz CT molecular complexity index is 1130. The largest absolute Gasteiger partial charge is 0.464 e. The van der Waals surface area contributed by atoms with E-state index in [0.29, 0.717) is 11.6 Å². The van der Waals surface area contributed by atoms with E-state index in [4.69, 9.17) is 0 Å². The van der Waals surface area contributed by atoms with Crippen LogP contribution in [0, 0.1) is 11.3 Å². The van der Waals surface area contributed by atoms with E-state index in [1.807, 2.05) is 18.2 Å². The lowest BCUT2D eigenvalue weighted by molar-refractivity contribution is 0.0593. The lowest BCUT2D eigenvalue weighted by atomic mass is 9.84. The van der Waals surface area contributed by atoms with Gasteiger partial charge < -0.3 is 9.72 Å². The van der Waals surface area contributed by atoms with Crippen LogP contribution in [-0.4, -0.2) is 27.7 Å². The molecule has 142 valence electrons. The predicted molar refractivity (Wildman–Crippen MR) is 103 cm³/mol. The highest BCUT2D eigenvalue weighted by Gasteiger charge is 2.22. The third kappa shape index (κ3) is 3.07. The normalized spacial score (nSPS) is 14.7. The van der Waals surface area contributed by atoms with Crippen LogP contribution in [0.15, 0.2) is 35.1 Å². The van der Waals surface area contributed by atoms with Crippen LogP contribution in [-0.2, 0) is 4.74 Å². The van der Waals surface area contributed by atoms with Crippen LogP contribution in [0.25, 0.3) is 16.9 Å². The zero-order chi connectivity index (χ0) is 19.7. The zero-order valence-corrected chi connectivity index (χ0v) is 15.6. The molecule has 1 saturated carbocycles. The van der Waals surface area contributed by atoms with Crippen LogP contribution in [0.1, 0.15) is 59.6 Å². The molecule has 0 unspecified atom stereocenters. The second kappa shape index (κ2) is 7.31. The number of rotatable bonds is 3. The fraction of sp³-hybridized carbons (Fsp3) is 0.333. The van der Waals surface area contributed by atoms with Gasteiger partial charge in [0.15, 0.2) is 11.3 Å². The molecule has 0 spiro atoms. The number of carbonyl (C=O) groups is 1. The fourth-order valence-corrected chi connectivity index (χ4v) is 3.91. The summed E-state index contributed by atoms with van der Waals surface area (Å²) in [5.74, 6) is -0.154. The van der Waals surface area contributed by atoms with E-state index in [1.165, 1.54) is 50.8 Å². The SMILES string of the molecule is COC(=O)c1nn2c(=O)cc(-c3ccc(C4CCCCC4)cc3)[nH]c2c1C#N. The molecular formula is C21H20N4O3. The Hall–Kier alpha value is -3.40. The summed E-state index contributed by atoms with van der Waals surface area (Å²) in [6, 6.07) is 11.5. The molecule has 0 amide bonds. The van der Waals surface area contributed by atoms with Gasteiger partial charge in [-0.1, -0.05) is 43.5 Å². The van der Waals surface area contributed by atoms with Crippen molar-refractivity contribution < 1.29 is 9.53 Å². The molecule has 1 N–H and O–H groups in total. The highest BCUT2D eigenvalue weighted by Crippen LogP contribution is 2.33. The second-order valence-electron chi connectivity index (χ2n) is 7.07. The number of aromatic nitrogens is 3. The van der Waals surface area contributed by atoms with E-state index in [0.717, 1.165) is 10.1 Å². The molecule has 1 aliphatic carbocycles. The number of methoxy groups -OCH3 is 1. The van der Waals surface area contributed by atoms with Gasteiger partial charge in [0, 0.05) is 6.07 Å². The van der Waals surface area contributed by atoms with Crippen molar-refractivity contribution in [1.82, 2.24) is 14.6 Å². The number of nitriles is 1. The minimum absolute atomic E-state index is 0.00961. The quantitative estimate of drug-likeness (QED) is 0.706. The molecule has 3 aromatic rings. The topological polar surface area (TPSA) is 100 Å². The third-order valence-electron chi connectivity index (χ3n) is 5.40. The Morgan fingerprint density at radius 3 is 2.61 bits per heavy atom. The summed E-state index contributed by atoms with van der Waals surface area (Å²) in [4.78, 5) is 27.4. The first-order chi connectivity index (χ1) is 13.6. The standard InChI is InChI=1S/C21H20N4O3/c1-28-21(27)19-16(12-22)20-23-17(11-18(26)25(20)24-19)15-9-7-14(8-10-15)13-5-3-2-4-6-13/h7-11,13,23H,2-6H2,1H3. The molecule has 1 aliphatic rings. The summed E-state index contributed by atoms with van der Waals surface area (Å²) in [6.07, 6.45) is 6.31. The molecule has 2 aromatic heterocycles. The zero-order valence-electron chi connectivity index (χ0n) is 15.6. The van der Waals surface area contributed by atoms with Gasteiger partial charge in [-0.15, -0.1) is 0 Å². The average Bonchev–Trinajstić information content (AvgIpc) is 3.13. The number of esters is 1. The molecule has 0 radical (unpaired) electrons. The molecule has 28 heavy (non-hydrogen) atoms. The molecule has 7 heteroatoms. The molecule has 4 rings (SSSR count). The van der Waals surface area contributed by atoms with E-state index in [-0.39, 0.29) is 16.9 Å². The maximum absolute atomic E-state index is 12.5. The van der Waals surface area contributed by atoms with Crippen LogP contribution in [0.3, 0.4) is 0 Å². The van der Waals surface area contributed by atoms with Crippen LogP contribution < -0.4 is 5.56 Å². The predicted octanol–water partition coefficient (Wildman–Crippen LogP) is 3.40. The highest BCUT2D eigenvalue weighted by atomic mass is 16.5. The number of hydrogen-bond donors (Lipinski definition) is 1. The van der Waals surface area contributed by atoms with Crippen LogP contribution in [0.4, 0.5) is 0 Å². The summed E-state index contributed by atoms with van der Waals surface area (Å²) in [5.41, 5.74) is 2.30. The minimum Gasteiger partial charge on any atom is -0.464 e. The van der Waals surface area contributed by atoms with Crippen molar-refractivity contribution in [3.05, 3.63) is 57.5 Å². The fourth-order valence-electron chi connectivity index (χ4n) is 3.91. The summed E-state index contributed by atoms with van der Waals surface area (Å²) < 4.78 is 5.67. The van der Waals surface area contributed by atoms with E-state index in [9.17, 15) is 14.9 Å². The second-order valence-corrected chi connectivity index (χ2v) is 7.07. The van der Waals surface area contributed by atoms with Gasteiger partial charge in [0.25, 0.3) is 5.56 Å². The number of nitrogens with zero attached hydrogens (tertiary/aromatic N) is 3. The Kier molecular flexibility index (Phi) is 4.70. The number of ether oxygens (including phenoxy) is 1. The van der Waals surface area contributed by atoms with Gasteiger partial charge in [-0.05, 0) is 29.9 Å². The van der Waals surface area contributed by atoms with Gasteiger partial charge in [-0.2, -0.15) is 14.9 Å². The Morgan fingerprint density at radius 1 is 1.25 bits per heavy atom. The van der Waals surface area contributed by atoms with Crippen LogP contribution >= 0.6 is 0 Å². The lowest BCUT2D eigenvalue weighted by Gasteiger charge is -2.22. The summed E-state index contributed by atoms with van der Waals surface area (Å²) in [7, 11) is 1.20. The molecule has 1 aromatic carbocycles. The molecule has 1 fully saturated rings. The van der Waals surface area contributed by atoms with Gasteiger partial charge in [0.2, 0.25) is 0 Å². The summed E-state index contributed by atoms with van der Waals surface area (Å²) in [5, 5.41) is 13.4. The van der Waals surface area contributed by atoms with Crippen molar-refractivity contribution >= 4 is 11.6 Å². The Labute approximate surface area is 161 Å². The number of benzene rings is 1. The minimum atomic E-state index is -0.758. The molecule has 2 heterocycles. The third-order valence-corrected chi connectivity index (χ3v) is 5.40. The van der Waals surface area contributed by atoms with Gasteiger partial charge in [-0.25, -0.2) is 4.79 Å². The first kappa shape index (κ1) is 18.0. The maximum Gasteiger partial charge on any atom is 0.360 e. The van der Waals surface area contributed by atoms with Gasteiger partial charge in [0.1, 0.15) is 11.6 Å². The number of H-pyrrole nitrogens is 1. The first-order valence-corrected chi connectivity index (χ1v) is 9.37. The monoisotopic (exact) mass is 376 g/mol. The number of hydrogen-bond acceptors (Lipinski definition) is 5. The molecule has 0 atom stereocenters. The molecule has 0 saturated heterocycles. The molecule has 0 aliphatic heterocycles. The number of carbonyl (C=O) groups excluding carboxylic acids is 1. The van der Waals surface area contributed by atoms with Crippen molar-refractivity contribution in [3.63, 3.8) is 0 Å². The number of aromatic amines is 1.